The first-order valence-electron chi connectivity index (χ1n) is 12.1. The van der Waals surface area contributed by atoms with E-state index in [0.717, 1.165) is 47.6 Å². The molecule has 0 spiro atoms. The van der Waals surface area contributed by atoms with Crippen LogP contribution in [0.4, 0.5) is 4.79 Å². The van der Waals surface area contributed by atoms with Crippen molar-refractivity contribution < 1.29 is 9.00 Å². The maximum absolute atomic E-state index is 13.5. The first-order valence-corrected chi connectivity index (χ1v) is 13.7. The Bertz CT molecular complexity index is 889. The largest absolute Gasteiger partial charge is 0.338 e. The number of hydrogen-bond acceptors (Lipinski definition) is 2. The van der Waals surface area contributed by atoms with E-state index < -0.39 is 9.71 Å². The van der Waals surface area contributed by atoms with E-state index in [1.807, 2.05) is 35.5 Å². The summed E-state index contributed by atoms with van der Waals surface area (Å²) in [5.41, 5.74) is 1.20. The van der Waals surface area contributed by atoms with E-state index in [1.54, 1.807) is 0 Å². The molecule has 5 nitrogen and oxygen atoms in total. The summed E-state index contributed by atoms with van der Waals surface area (Å²) in [4.78, 5) is 13.6. The molecule has 4 bridgehead atoms. The van der Waals surface area contributed by atoms with Crippen molar-refractivity contribution >= 4 is 21.6 Å². The third kappa shape index (κ3) is 4.38. The Balaban J connectivity index is 1.16. The van der Waals surface area contributed by atoms with Gasteiger partial charge in [0.1, 0.15) is 0 Å². The minimum absolute atomic E-state index is 0.00651. The Labute approximate surface area is 187 Å². The Kier molecular flexibility index (Phi) is 5.58. The van der Waals surface area contributed by atoms with Gasteiger partial charge >= 0.3 is 6.03 Å². The normalized spacial score (nSPS) is 36.7. The number of hydrogen-bond donors (Lipinski definition) is 2. The summed E-state index contributed by atoms with van der Waals surface area (Å²) in [5, 5.41) is 6.56. The minimum atomic E-state index is -2.48. The molecule has 4 aliphatic carbocycles. The van der Waals surface area contributed by atoms with Crippen molar-refractivity contribution in [2.24, 2.45) is 23.7 Å². The van der Waals surface area contributed by atoms with Crippen LogP contribution >= 0.6 is 0 Å². The van der Waals surface area contributed by atoms with Crippen LogP contribution in [0, 0.1) is 30.6 Å². The molecule has 2 N–H and O–H groups in total. The molecule has 1 aliphatic heterocycles. The second-order valence-corrected chi connectivity index (χ2v) is 13.2. The highest BCUT2D eigenvalue weighted by molar-refractivity contribution is 7.98. The molecule has 1 saturated heterocycles. The van der Waals surface area contributed by atoms with E-state index in [1.165, 1.54) is 38.5 Å². The lowest BCUT2D eigenvalue weighted by Gasteiger charge is -2.56. The molecule has 31 heavy (non-hydrogen) atoms. The summed E-state index contributed by atoms with van der Waals surface area (Å²) in [6, 6.07) is 7.86. The molecule has 1 aromatic carbocycles. The van der Waals surface area contributed by atoms with Gasteiger partial charge in [-0.3, -0.25) is 0 Å². The topological polar surface area (TPSA) is 61.4 Å². The summed E-state index contributed by atoms with van der Waals surface area (Å²) in [6.45, 7) is 4.18. The summed E-state index contributed by atoms with van der Waals surface area (Å²) in [5.74, 6) is 6.88. The molecule has 6 rings (SSSR count). The highest BCUT2D eigenvalue weighted by Crippen LogP contribution is 2.55. The lowest BCUT2D eigenvalue weighted by Crippen LogP contribution is -2.61. The first kappa shape index (κ1) is 21.3. The van der Waals surface area contributed by atoms with Crippen molar-refractivity contribution in [2.75, 3.05) is 19.6 Å². The number of piperidine rings is 1. The molecule has 4 saturated carbocycles. The second-order valence-electron chi connectivity index (χ2n) is 10.9. The Hall–Kier alpha value is -1.53. The Morgan fingerprint density at radius 3 is 2.35 bits per heavy atom. The summed E-state index contributed by atoms with van der Waals surface area (Å²) >= 11 is 0. The summed E-state index contributed by atoms with van der Waals surface area (Å²) in [7, 11) is -2.48. The zero-order valence-corrected chi connectivity index (χ0v) is 19.6. The van der Waals surface area contributed by atoms with Gasteiger partial charge in [-0.1, -0.05) is 17.7 Å². The predicted octanol–water partition coefficient (Wildman–Crippen LogP) is 3.97. The van der Waals surface area contributed by atoms with Crippen LogP contribution in [0.15, 0.2) is 29.2 Å². The Morgan fingerprint density at radius 1 is 1.13 bits per heavy atom. The lowest BCUT2D eigenvalue weighted by atomic mass is 9.53. The van der Waals surface area contributed by atoms with Gasteiger partial charge in [-0.05, 0) is 100.0 Å². The third-order valence-electron chi connectivity index (χ3n) is 8.26. The van der Waals surface area contributed by atoms with E-state index in [-0.39, 0.29) is 11.6 Å². The van der Waals surface area contributed by atoms with Gasteiger partial charge in [-0.25, -0.2) is 13.3 Å². The number of urea groups is 1. The van der Waals surface area contributed by atoms with Gasteiger partial charge in [0.25, 0.3) is 0 Å². The first-order chi connectivity index (χ1) is 14.8. The quantitative estimate of drug-likeness (QED) is 0.677. The van der Waals surface area contributed by atoms with Gasteiger partial charge < -0.3 is 10.6 Å². The van der Waals surface area contributed by atoms with E-state index >= 15 is 0 Å². The third-order valence-corrected chi connectivity index (χ3v) is 10.4. The molecule has 170 valence electrons. The molecular formula is C25H37N3O2S. The van der Waals surface area contributed by atoms with E-state index in [9.17, 15) is 9.00 Å². The number of benzene rings is 1. The number of nitrogens with zero attached hydrogens (tertiary/aromatic N) is 1. The van der Waals surface area contributed by atoms with Crippen molar-refractivity contribution in [3.05, 3.63) is 29.8 Å². The molecule has 5 aliphatic rings. The fourth-order valence-corrected chi connectivity index (χ4v) is 8.88. The predicted molar refractivity (Wildman–Crippen MR) is 126 cm³/mol. The number of rotatable bonds is 5. The zero-order valence-electron chi connectivity index (χ0n) is 18.8. The van der Waals surface area contributed by atoms with E-state index in [2.05, 4.69) is 16.5 Å². The average Bonchev–Trinajstić information content (AvgIpc) is 2.71. The van der Waals surface area contributed by atoms with Gasteiger partial charge in [0.05, 0.1) is 9.71 Å². The van der Waals surface area contributed by atoms with Gasteiger partial charge in [0, 0.05) is 30.1 Å². The lowest BCUT2D eigenvalue weighted by molar-refractivity contribution is -0.0135. The molecule has 2 unspecified atom stereocenters. The van der Waals surface area contributed by atoms with Crippen molar-refractivity contribution in [3.63, 3.8) is 0 Å². The molecule has 1 heterocycles. The minimum Gasteiger partial charge on any atom is -0.338 e. The average molecular weight is 444 g/mol. The van der Waals surface area contributed by atoms with Crippen LogP contribution < -0.4 is 10.6 Å². The SMILES string of the molecule is C=S(=O)(c1ccc(C)cc1)N1CCCC(CNC(=O)NC23CC4CC(CC(C4)C2)C3)C1. The van der Waals surface area contributed by atoms with Gasteiger partial charge in [0.2, 0.25) is 0 Å². The van der Waals surface area contributed by atoms with Gasteiger partial charge in [-0.15, -0.1) is 0 Å². The highest BCUT2D eigenvalue weighted by atomic mass is 32.2. The number of aryl methyl sites for hydroxylation is 1. The highest BCUT2D eigenvalue weighted by Gasteiger charge is 2.51. The zero-order chi connectivity index (χ0) is 21.6. The van der Waals surface area contributed by atoms with Crippen molar-refractivity contribution in [3.8, 4) is 0 Å². The van der Waals surface area contributed by atoms with E-state index in [0.29, 0.717) is 19.0 Å². The molecule has 0 aromatic heterocycles. The van der Waals surface area contributed by atoms with Crippen molar-refractivity contribution in [1.29, 1.82) is 0 Å². The number of carbonyl (C=O) groups is 1. The second kappa shape index (κ2) is 8.11. The number of amides is 2. The molecule has 5 fully saturated rings. The Morgan fingerprint density at radius 2 is 1.74 bits per heavy atom. The maximum atomic E-state index is 13.5. The van der Waals surface area contributed by atoms with Crippen molar-refractivity contribution in [2.45, 2.75) is 68.7 Å². The van der Waals surface area contributed by atoms with Crippen LogP contribution in [-0.4, -0.2) is 45.6 Å². The number of nitrogens with one attached hydrogen (secondary N) is 2. The molecule has 2 atom stereocenters. The van der Waals surface area contributed by atoms with Crippen LogP contribution in [0.2, 0.25) is 0 Å². The van der Waals surface area contributed by atoms with Crippen LogP contribution in [0.5, 0.6) is 0 Å². The summed E-state index contributed by atoms with van der Waals surface area (Å²) < 4.78 is 15.5. The molecule has 6 heteroatoms. The van der Waals surface area contributed by atoms with Crippen LogP contribution in [0.25, 0.3) is 0 Å². The fourth-order valence-electron chi connectivity index (χ4n) is 7.15. The maximum Gasteiger partial charge on any atom is 0.315 e. The van der Waals surface area contributed by atoms with Crippen LogP contribution in [0.3, 0.4) is 0 Å². The van der Waals surface area contributed by atoms with Gasteiger partial charge in [-0.2, -0.15) is 0 Å². The smallest absolute Gasteiger partial charge is 0.315 e. The number of carbonyl (C=O) groups excluding carboxylic acids is 1. The molecule has 0 radical (unpaired) electrons. The molecule has 1 aromatic rings. The molecule has 2 amide bonds. The van der Waals surface area contributed by atoms with Crippen molar-refractivity contribution in [1.82, 2.24) is 14.9 Å². The molecular weight excluding hydrogens is 406 g/mol. The summed E-state index contributed by atoms with van der Waals surface area (Å²) in [6.07, 6.45) is 9.69. The van der Waals surface area contributed by atoms with Gasteiger partial charge in [0.15, 0.2) is 0 Å². The van der Waals surface area contributed by atoms with E-state index in [4.69, 9.17) is 0 Å². The van der Waals surface area contributed by atoms with Crippen LogP contribution in [-0.2, 0) is 9.71 Å². The monoisotopic (exact) mass is 443 g/mol. The standard InChI is InChI=1S/C25H37N3O2S/c1-18-5-7-23(8-6-18)31(2,30)28-9-3-4-19(17-28)16-26-24(29)27-25-13-20-10-21(14-25)12-22(11-20)15-25/h5-8,19-22H,2-4,9-17H2,1H3,(H2,26,27,29). The van der Waals surface area contributed by atoms with Crippen LogP contribution in [0.1, 0.15) is 56.9 Å². The fraction of sp³-hybridized carbons (Fsp3) is 0.680.